The average molecular weight is 396 g/mol. The third-order valence-corrected chi connectivity index (χ3v) is 6.57. The van der Waals surface area contributed by atoms with E-state index < -0.39 is 10.0 Å². The lowest BCUT2D eigenvalue weighted by molar-refractivity contribution is 0.477. The van der Waals surface area contributed by atoms with E-state index in [4.69, 9.17) is 0 Å². The number of phenolic OH excluding ortho intramolecular Hbond substituents is 1. The number of thiazole rings is 1. The summed E-state index contributed by atoms with van der Waals surface area (Å²) in [5.41, 5.74) is 2.67. The molecule has 0 aliphatic carbocycles. The Balaban J connectivity index is 1.71. The van der Waals surface area contributed by atoms with E-state index in [0.717, 1.165) is 15.8 Å². The summed E-state index contributed by atoms with van der Waals surface area (Å²) >= 11 is 1.44. The number of anilines is 1. The van der Waals surface area contributed by atoms with Gasteiger partial charge in [0.15, 0.2) is 0 Å². The van der Waals surface area contributed by atoms with Crippen molar-refractivity contribution in [3.05, 3.63) is 72.3 Å². The Labute approximate surface area is 161 Å². The number of rotatable bonds is 4. The standard InChI is InChI=1S/C20H16N2O3S2/c1-13-6-9-15(10-7-13)27(24,25)22-14-8-11-18(23)16(12-14)20-21-17-4-2-3-5-19(17)26-20/h2-12,22-23H,1H3. The summed E-state index contributed by atoms with van der Waals surface area (Å²) in [7, 11) is -3.72. The number of para-hydroxylation sites is 1. The van der Waals surface area contributed by atoms with Crippen LogP contribution < -0.4 is 4.72 Å². The molecular weight excluding hydrogens is 380 g/mol. The lowest BCUT2D eigenvalue weighted by Gasteiger charge is -2.10. The van der Waals surface area contributed by atoms with Gasteiger partial charge in [0.25, 0.3) is 10.0 Å². The fourth-order valence-electron chi connectivity index (χ4n) is 2.69. The molecule has 1 heterocycles. The number of aromatic nitrogens is 1. The van der Waals surface area contributed by atoms with Crippen molar-refractivity contribution in [2.45, 2.75) is 11.8 Å². The van der Waals surface area contributed by atoms with E-state index in [-0.39, 0.29) is 10.6 Å². The molecule has 0 fully saturated rings. The molecule has 4 rings (SSSR count). The fourth-order valence-corrected chi connectivity index (χ4v) is 4.73. The van der Waals surface area contributed by atoms with E-state index >= 15 is 0 Å². The molecule has 0 spiro atoms. The van der Waals surface area contributed by atoms with Crippen molar-refractivity contribution in [2.24, 2.45) is 0 Å². The normalized spacial score (nSPS) is 11.6. The third-order valence-electron chi connectivity index (χ3n) is 4.10. The van der Waals surface area contributed by atoms with Crippen LogP contribution in [-0.4, -0.2) is 18.5 Å². The van der Waals surface area contributed by atoms with E-state index in [2.05, 4.69) is 9.71 Å². The Hall–Kier alpha value is -2.90. The van der Waals surface area contributed by atoms with E-state index in [1.165, 1.54) is 23.5 Å². The summed E-state index contributed by atoms with van der Waals surface area (Å²) < 4.78 is 28.8. The van der Waals surface area contributed by atoms with E-state index in [1.54, 1.807) is 30.3 Å². The van der Waals surface area contributed by atoms with Crippen LogP contribution in [-0.2, 0) is 10.0 Å². The molecule has 3 aromatic carbocycles. The van der Waals surface area contributed by atoms with Crippen LogP contribution in [0.1, 0.15) is 5.56 Å². The number of aromatic hydroxyl groups is 1. The first-order valence-corrected chi connectivity index (χ1v) is 10.5. The molecule has 1 aromatic heterocycles. The zero-order valence-corrected chi connectivity index (χ0v) is 16.0. The number of phenols is 1. The van der Waals surface area contributed by atoms with Gasteiger partial charge in [0.05, 0.1) is 20.7 Å². The molecule has 27 heavy (non-hydrogen) atoms. The van der Waals surface area contributed by atoms with Gasteiger partial charge in [-0.15, -0.1) is 11.3 Å². The number of hydrogen-bond acceptors (Lipinski definition) is 5. The zero-order valence-electron chi connectivity index (χ0n) is 14.4. The zero-order chi connectivity index (χ0) is 19.0. The van der Waals surface area contributed by atoms with Crippen LogP contribution in [0.15, 0.2) is 71.6 Å². The van der Waals surface area contributed by atoms with Crippen molar-refractivity contribution in [3.8, 4) is 16.3 Å². The molecule has 0 saturated carbocycles. The van der Waals surface area contributed by atoms with Gasteiger partial charge in [0.1, 0.15) is 10.8 Å². The van der Waals surface area contributed by atoms with Crippen molar-refractivity contribution in [3.63, 3.8) is 0 Å². The Morgan fingerprint density at radius 3 is 2.48 bits per heavy atom. The van der Waals surface area contributed by atoms with Gasteiger partial charge in [-0.3, -0.25) is 4.72 Å². The smallest absolute Gasteiger partial charge is 0.261 e. The van der Waals surface area contributed by atoms with Gasteiger partial charge in [0.2, 0.25) is 0 Å². The summed E-state index contributed by atoms with van der Waals surface area (Å²) in [4.78, 5) is 4.71. The van der Waals surface area contributed by atoms with Crippen LogP contribution >= 0.6 is 11.3 Å². The number of benzene rings is 3. The highest BCUT2D eigenvalue weighted by Gasteiger charge is 2.16. The van der Waals surface area contributed by atoms with E-state index in [0.29, 0.717) is 16.3 Å². The Morgan fingerprint density at radius 2 is 1.74 bits per heavy atom. The molecule has 5 nitrogen and oxygen atoms in total. The van der Waals surface area contributed by atoms with Crippen LogP contribution in [0.3, 0.4) is 0 Å². The van der Waals surface area contributed by atoms with Crippen molar-refractivity contribution in [1.29, 1.82) is 0 Å². The third kappa shape index (κ3) is 3.51. The first kappa shape index (κ1) is 17.5. The molecule has 0 amide bonds. The maximum atomic E-state index is 12.6. The molecule has 4 aromatic rings. The molecule has 0 aliphatic heterocycles. The minimum Gasteiger partial charge on any atom is -0.507 e. The molecule has 0 bridgehead atoms. The number of aryl methyl sites for hydroxylation is 1. The quantitative estimate of drug-likeness (QED) is 0.487. The topological polar surface area (TPSA) is 79.3 Å². The molecule has 0 unspecified atom stereocenters. The van der Waals surface area contributed by atoms with Gasteiger partial charge in [-0.1, -0.05) is 29.8 Å². The van der Waals surface area contributed by atoms with Crippen LogP contribution in [0, 0.1) is 6.92 Å². The predicted octanol–water partition coefficient (Wildman–Crippen LogP) is 4.78. The maximum absolute atomic E-state index is 12.6. The lowest BCUT2D eigenvalue weighted by Crippen LogP contribution is -2.12. The van der Waals surface area contributed by atoms with Gasteiger partial charge in [0, 0.05) is 5.69 Å². The number of sulfonamides is 1. The van der Waals surface area contributed by atoms with Gasteiger partial charge < -0.3 is 5.11 Å². The Bertz CT molecular complexity index is 1200. The minimum absolute atomic E-state index is 0.0485. The van der Waals surface area contributed by atoms with Crippen molar-refractivity contribution in [1.82, 2.24) is 4.98 Å². The highest BCUT2D eigenvalue weighted by Crippen LogP contribution is 2.37. The van der Waals surface area contributed by atoms with Crippen molar-refractivity contribution < 1.29 is 13.5 Å². The van der Waals surface area contributed by atoms with Crippen LogP contribution in [0.5, 0.6) is 5.75 Å². The summed E-state index contributed by atoms with van der Waals surface area (Å²) in [6.07, 6.45) is 0. The van der Waals surface area contributed by atoms with E-state index in [1.807, 2.05) is 31.2 Å². The second-order valence-corrected chi connectivity index (χ2v) is 8.85. The summed E-state index contributed by atoms with van der Waals surface area (Å²) in [5, 5.41) is 10.9. The van der Waals surface area contributed by atoms with Crippen molar-refractivity contribution >= 4 is 37.3 Å². The Kier molecular flexibility index (Phi) is 4.33. The first-order valence-electron chi connectivity index (χ1n) is 8.21. The summed E-state index contributed by atoms with van der Waals surface area (Å²) in [6, 6.07) is 18.9. The minimum atomic E-state index is -3.72. The fraction of sp³-hybridized carbons (Fsp3) is 0.0500. The molecule has 0 radical (unpaired) electrons. The van der Waals surface area contributed by atoms with Gasteiger partial charge in [-0.25, -0.2) is 13.4 Å². The molecule has 0 aliphatic rings. The SMILES string of the molecule is Cc1ccc(S(=O)(=O)Nc2ccc(O)c(-c3nc4ccccc4s3)c2)cc1. The molecular formula is C20H16N2O3S2. The van der Waals surface area contributed by atoms with Crippen LogP contribution in [0.25, 0.3) is 20.8 Å². The molecule has 2 N–H and O–H groups in total. The predicted molar refractivity (Wildman–Crippen MR) is 109 cm³/mol. The highest BCUT2D eigenvalue weighted by molar-refractivity contribution is 7.92. The average Bonchev–Trinajstić information content (AvgIpc) is 3.07. The van der Waals surface area contributed by atoms with Crippen molar-refractivity contribution in [2.75, 3.05) is 4.72 Å². The number of nitrogens with one attached hydrogen (secondary N) is 1. The van der Waals surface area contributed by atoms with Crippen LogP contribution in [0.2, 0.25) is 0 Å². The second kappa shape index (κ2) is 6.68. The largest absolute Gasteiger partial charge is 0.507 e. The molecule has 0 saturated heterocycles. The first-order chi connectivity index (χ1) is 12.9. The molecule has 7 heteroatoms. The number of fused-ring (bicyclic) bond motifs is 1. The number of nitrogens with zero attached hydrogens (tertiary/aromatic N) is 1. The second-order valence-electron chi connectivity index (χ2n) is 6.14. The highest BCUT2D eigenvalue weighted by atomic mass is 32.2. The monoisotopic (exact) mass is 396 g/mol. The van der Waals surface area contributed by atoms with E-state index in [9.17, 15) is 13.5 Å². The summed E-state index contributed by atoms with van der Waals surface area (Å²) in [6.45, 7) is 1.90. The lowest BCUT2D eigenvalue weighted by atomic mass is 10.2. The Morgan fingerprint density at radius 1 is 1.00 bits per heavy atom. The maximum Gasteiger partial charge on any atom is 0.261 e. The van der Waals surface area contributed by atoms with Gasteiger partial charge in [-0.2, -0.15) is 0 Å². The summed E-state index contributed by atoms with van der Waals surface area (Å²) in [5.74, 6) is 0.0485. The number of hydrogen-bond donors (Lipinski definition) is 2. The molecule has 0 atom stereocenters. The van der Waals surface area contributed by atoms with Gasteiger partial charge in [-0.05, 0) is 49.4 Å². The van der Waals surface area contributed by atoms with Gasteiger partial charge >= 0.3 is 0 Å². The molecule has 136 valence electrons. The van der Waals surface area contributed by atoms with Crippen LogP contribution in [0.4, 0.5) is 5.69 Å².